The minimum absolute atomic E-state index is 0.000798. The number of piperazine rings is 1. The quantitative estimate of drug-likeness (QED) is 0.584. The maximum absolute atomic E-state index is 15.0. The maximum atomic E-state index is 15.0. The first-order chi connectivity index (χ1) is 15.5. The molecule has 1 fully saturated rings. The van der Waals surface area contributed by atoms with Gasteiger partial charge in [-0.3, -0.25) is 14.7 Å². The van der Waals surface area contributed by atoms with Crippen molar-refractivity contribution in [3.63, 3.8) is 0 Å². The van der Waals surface area contributed by atoms with E-state index in [9.17, 15) is 9.59 Å². The lowest BCUT2D eigenvalue weighted by molar-refractivity contribution is -0.147. The zero-order valence-corrected chi connectivity index (χ0v) is 19.0. The lowest BCUT2D eigenvalue weighted by Gasteiger charge is -2.39. The van der Waals surface area contributed by atoms with Crippen LogP contribution >= 0.6 is 0 Å². The Labute approximate surface area is 188 Å². The summed E-state index contributed by atoms with van der Waals surface area (Å²) in [6.07, 6.45) is 2.85. The highest BCUT2D eigenvalue weighted by Crippen LogP contribution is 2.28. The summed E-state index contributed by atoms with van der Waals surface area (Å²) in [5.41, 5.74) is 1.71. The molecule has 32 heavy (non-hydrogen) atoms. The van der Waals surface area contributed by atoms with Crippen LogP contribution in [0.5, 0.6) is 0 Å². The molecule has 2 heterocycles. The fourth-order valence-electron chi connectivity index (χ4n) is 4.10. The van der Waals surface area contributed by atoms with E-state index < -0.39 is 6.04 Å². The lowest BCUT2D eigenvalue weighted by atomic mass is 10.1. The van der Waals surface area contributed by atoms with E-state index in [1.807, 2.05) is 35.8 Å². The van der Waals surface area contributed by atoms with E-state index in [-0.39, 0.29) is 17.7 Å². The first-order valence-corrected chi connectivity index (χ1v) is 11.1. The van der Waals surface area contributed by atoms with Crippen molar-refractivity contribution in [1.82, 2.24) is 9.88 Å². The molecule has 1 aliphatic rings. The van der Waals surface area contributed by atoms with Gasteiger partial charge in [-0.1, -0.05) is 13.0 Å². The SMILES string of the molecule is CCCC(=O)N(CC)c1ccc(N2CCN(C(C(=O)OC)c3ccccn3)CC2)c(F)c1. The Morgan fingerprint density at radius 1 is 1.16 bits per heavy atom. The van der Waals surface area contributed by atoms with Crippen molar-refractivity contribution in [3.8, 4) is 0 Å². The number of ether oxygens (including phenoxy) is 1. The predicted octanol–water partition coefficient (Wildman–Crippen LogP) is 3.41. The molecule has 0 spiro atoms. The number of rotatable bonds is 8. The molecular formula is C24H31FN4O3. The van der Waals surface area contributed by atoms with Crippen molar-refractivity contribution in [3.05, 3.63) is 54.1 Å². The zero-order valence-electron chi connectivity index (χ0n) is 19.0. The third-order valence-electron chi connectivity index (χ3n) is 5.74. The van der Waals surface area contributed by atoms with Gasteiger partial charge in [-0.25, -0.2) is 9.18 Å². The molecule has 1 aliphatic heterocycles. The number of methoxy groups -OCH3 is 1. The Morgan fingerprint density at radius 3 is 2.47 bits per heavy atom. The Kier molecular flexibility index (Phi) is 8.16. The van der Waals surface area contributed by atoms with Crippen molar-refractivity contribution in [1.29, 1.82) is 0 Å². The molecule has 1 saturated heterocycles. The number of carbonyl (C=O) groups is 2. The third kappa shape index (κ3) is 5.24. The van der Waals surface area contributed by atoms with Gasteiger partial charge in [-0.2, -0.15) is 0 Å². The average Bonchev–Trinajstić information content (AvgIpc) is 2.81. The lowest BCUT2D eigenvalue weighted by Crippen LogP contribution is -2.50. The van der Waals surface area contributed by atoms with Crippen molar-refractivity contribution >= 4 is 23.3 Å². The second-order valence-corrected chi connectivity index (χ2v) is 7.73. The molecule has 0 radical (unpaired) electrons. The van der Waals surface area contributed by atoms with Crippen molar-refractivity contribution in [2.24, 2.45) is 0 Å². The third-order valence-corrected chi connectivity index (χ3v) is 5.74. The number of hydrogen-bond donors (Lipinski definition) is 0. The van der Waals surface area contributed by atoms with E-state index in [2.05, 4.69) is 4.98 Å². The van der Waals surface area contributed by atoms with Crippen molar-refractivity contribution < 1.29 is 18.7 Å². The molecule has 1 aromatic heterocycles. The molecule has 0 aliphatic carbocycles. The molecule has 1 unspecified atom stereocenters. The number of aromatic nitrogens is 1. The summed E-state index contributed by atoms with van der Waals surface area (Å²) in [6, 6.07) is 9.84. The van der Waals surface area contributed by atoms with E-state index in [0.717, 1.165) is 6.42 Å². The number of esters is 1. The maximum Gasteiger partial charge on any atom is 0.329 e. The van der Waals surface area contributed by atoms with Crippen LogP contribution in [0.2, 0.25) is 0 Å². The molecule has 7 nitrogen and oxygen atoms in total. The molecule has 0 bridgehead atoms. The Morgan fingerprint density at radius 2 is 1.91 bits per heavy atom. The van der Waals surface area contributed by atoms with E-state index in [4.69, 9.17) is 4.74 Å². The normalized spacial score (nSPS) is 15.3. The molecule has 1 atom stereocenters. The van der Waals surface area contributed by atoms with Crippen LogP contribution in [0.4, 0.5) is 15.8 Å². The Bertz CT molecular complexity index is 917. The monoisotopic (exact) mass is 442 g/mol. The van der Waals surface area contributed by atoms with E-state index in [0.29, 0.717) is 56.2 Å². The van der Waals surface area contributed by atoms with Crippen LogP contribution in [0, 0.1) is 5.82 Å². The zero-order chi connectivity index (χ0) is 23.1. The largest absolute Gasteiger partial charge is 0.468 e. The standard InChI is InChI=1S/C24H31FN4O3/c1-4-8-22(30)29(5-2)18-10-11-21(19(25)17-18)27-13-15-28(16-14-27)23(24(31)32-3)20-9-6-7-12-26-20/h6-7,9-12,17,23H,4-5,8,13-16H2,1-3H3. The van der Waals surface area contributed by atoms with Gasteiger partial charge in [0.1, 0.15) is 5.82 Å². The molecule has 3 rings (SSSR count). The first kappa shape index (κ1) is 23.7. The van der Waals surface area contributed by atoms with Crippen molar-refractivity contribution in [2.75, 3.05) is 49.6 Å². The molecule has 1 amide bonds. The van der Waals surface area contributed by atoms with Gasteiger partial charge in [0.25, 0.3) is 0 Å². The van der Waals surface area contributed by atoms with E-state index in [1.165, 1.54) is 13.2 Å². The van der Waals surface area contributed by atoms with Crippen molar-refractivity contribution in [2.45, 2.75) is 32.7 Å². The number of nitrogens with zero attached hydrogens (tertiary/aromatic N) is 4. The van der Waals surface area contributed by atoms with Gasteiger partial charge in [-0.15, -0.1) is 0 Å². The van der Waals surface area contributed by atoms with Crippen LogP contribution in [-0.2, 0) is 14.3 Å². The Hall–Kier alpha value is -3.00. The van der Waals surface area contributed by atoms with Gasteiger partial charge in [0, 0.05) is 51.0 Å². The fourth-order valence-corrected chi connectivity index (χ4v) is 4.10. The minimum Gasteiger partial charge on any atom is -0.468 e. The van der Waals surface area contributed by atoms with Gasteiger partial charge in [0.05, 0.1) is 18.5 Å². The number of pyridine rings is 1. The van der Waals surface area contributed by atoms with Gasteiger partial charge < -0.3 is 14.5 Å². The Balaban J connectivity index is 1.72. The molecule has 0 N–H and O–H groups in total. The summed E-state index contributed by atoms with van der Waals surface area (Å²) < 4.78 is 20.0. The highest BCUT2D eigenvalue weighted by atomic mass is 19.1. The minimum atomic E-state index is -0.585. The number of anilines is 2. The second-order valence-electron chi connectivity index (χ2n) is 7.73. The summed E-state index contributed by atoms with van der Waals surface area (Å²) in [4.78, 5) is 34.7. The highest BCUT2D eigenvalue weighted by Gasteiger charge is 2.32. The second kappa shape index (κ2) is 11.0. The number of halogens is 1. The molecule has 0 saturated carbocycles. The predicted molar refractivity (Wildman–Crippen MR) is 122 cm³/mol. The number of hydrogen-bond acceptors (Lipinski definition) is 6. The van der Waals surface area contributed by atoms with E-state index in [1.54, 1.807) is 29.3 Å². The summed E-state index contributed by atoms with van der Waals surface area (Å²) in [7, 11) is 1.37. The molecule has 172 valence electrons. The summed E-state index contributed by atoms with van der Waals surface area (Å²) in [5, 5.41) is 0. The molecular weight excluding hydrogens is 411 g/mol. The topological polar surface area (TPSA) is 66.0 Å². The highest BCUT2D eigenvalue weighted by molar-refractivity contribution is 5.93. The summed E-state index contributed by atoms with van der Waals surface area (Å²) in [6.45, 7) is 6.58. The number of carbonyl (C=O) groups excluding carboxylic acids is 2. The van der Waals surface area contributed by atoms with Crippen LogP contribution in [0.15, 0.2) is 42.6 Å². The van der Waals surface area contributed by atoms with Gasteiger partial charge in [-0.05, 0) is 43.7 Å². The van der Waals surface area contributed by atoms with Crippen LogP contribution in [0.25, 0.3) is 0 Å². The number of amides is 1. The fraction of sp³-hybridized carbons (Fsp3) is 0.458. The van der Waals surface area contributed by atoms with Gasteiger partial charge in [0.15, 0.2) is 6.04 Å². The summed E-state index contributed by atoms with van der Waals surface area (Å²) in [5.74, 6) is -0.712. The number of benzene rings is 1. The summed E-state index contributed by atoms with van der Waals surface area (Å²) >= 11 is 0. The van der Waals surface area contributed by atoms with E-state index >= 15 is 4.39 Å². The van der Waals surface area contributed by atoms with Crippen LogP contribution < -0.4 is 9.80 Å². The molecule has 2 aromatic rings. The molecule has 8 heteroatoms. The van der Waals surface area contributed by atoms with Gasteiger partial charge in [0.2, 0.25) is 5.91 Å². The van der Waals surface area contributed by atoms with Gasteiger partial charge >= 0.3 is 5.97 Å². The first-order valence-electron chi connectivity index (χ1n) is 11.1. The molecule has 1 aromatic carbocycles. The average molecular weight is 443 g/mol. The van der Waals surface area contributed by atoms with Crippen LogP contribution in [0.1, 0.15) is 38.4 Å². The smallest absolute Gasteiger partial charge is 0.329 e. The van der Waals surface area contributed by atoms with Crippen LogP contribution in [-0.4, -0.2) is 61.6 Å². The van der Waals surface area contributed by atoms with Crippen LogP contribution in [0.3, 0.4) is 0 Å².